The number of aliphatic hydroxyl groups is 3. The summed E-state index contributed by atoms with van der Waals surface area (Å²) in [5.74, 6) is -1.96. The molecule has 0 amide bonds. The fraction of sp³-hybridized carbons (Fsp3) is 0.962. The highest BCUT2D eigenvalue weighted by Crippen LogP contribution is 2.24. The molecule has 2 unspecified atom stereocenters. The van der Waals surface area contributed by atoms with Crippen molar-refractivity contribution in [1.82, 2.24) is 0 Å². The van der Waals surface area contributed by atoms with Gasteiger partial charge in [-0.05, 0) is 12.8 Å². The Kier molecular flexibility index (Phi) is 40.5. The van der Waals surface area contributed by atoms with Gasteiger partial charge >= 0.3 is 11.9 Å². The van der Waals surface area contributed by atoms with Crippen LogP contribution in [0.5, 0.6) is 0 Å². The summed E-state index contributed by atoms with van der Waals surface area (Å²) in [6.45, 7) is 3.82. The zero-order valence-corrected chi connectivity index (χ0v) is 42.4. The Bertz CT molecular complexity index is 1200. The van der Waals surface area contributed by atoms with Gasteiger partial charge in [-0.1, -0.05) is 239 Å². The monoisotopic (exact) mass is 949 g/mol. The quantitative estimate of drug-likeness (QED) is 0.0257. The lowest BCUT2D eigenvalue weighted by molar-refractivity contribution is -0.297. The van der Waals surface area contributed by atoms with Crippen molar-refractivity contribution >= 4 is 22.1 Å². The van der Waals surface area contributed by atoms with Crippen molar-refractivity contribution in [3.8, 4) is 0 Å². The summed E-state index contributed by atoms with van der Waals surface area (Å²) in [5, 5.41) is 31.0. The highest BCUT2D eigenvalue weighted by atomic mass is 32.2. The molecule has 1 heterocycles. The number of hydrogen-bond acceptors (Lipinski definition) is 11. The number of ether oxygens (including phenoxy) is 4. The first kappa shape index (κ1) is 61.7. The molecule has 65 heavy (non-hydrogen) atoms. The van der Waals surface area contributed by atoms with Crippen LogP contribution in [0.15, 0.2) is 0 Å². The zero-order valence-electron chi connectivity index (χ0n) is 41.6. The molecule has 4 N–H and O–H groups in total. The predicted molar refractivity (Wildman–Crippen MR) is 261 cm³/mol. The van der Waals surface area contributed by atoms with Crippen LogP contribution in [0, 0.1) is 0 Å². The fourth-order valence-corrected chi connectivity index (χ4v) is 9.43. The smallest absolute Gasteiger partial charge is 0.306 e. The number of unbranched alkanes of at least 4 members (excludes halogenated alkanes) is 35. The van der Waals surface area contributed by atoms with Gasteiger partial charge in [-0.15, -0.1) is 0 Å². The normalized spacial score (nSPS) is 19.4. The Morgan fingerprint density at radius 2 is 0.785 bits per heavy atom. The van der Waals surface area contributed by atoms with E-state index in [2.05, 4.69) is 13.8 Å². The summed E-state index contributed by atoms with van der Waals surface area (Å²) >= 11 is 0. The van der Waals surface area contributed by atoms with Crippen LogP contribution in [-0.2, 0) is 38.7 Å². The maximum Gasteiger partial charge on any atom is 0.306 e. The maximum absolute atomic E-state index is 12.9. The van der Waals surface area contributed by atoms with Crippen molar-refractivity contribution in [2.75, 3.05) is 19.0 Å². The summed E-state index contributed by atoms with van der Waals surface area (Å²) in [6, 6.07) is 0. The van der Waals surface area contributed by atoms with Gasteiger partial charge in [-0.2, -0.15) is 8.42 Å². The van der Waals surface area contributed by atoms with E-state index in [9.17, 15) is 37.9 Å². The standard InChI is InChI=1S/C52H100O12S/c1-3-5-7-9-11-13-15-17-19-20-21-22-23-24-25-27-28-30-32-34-36-38-40-47(53)61-42-45(43-62-52-51(57)50(56)49(55)46(64-52)44-65(58,59)60)63-48(54)41-39-37-35-33-31-29-26-18-16-14-12-10-8-6-4-2/h45-46,49-52,55-57H,3-44H2,1-2H3,(H,58,59,60)/t45-,46-,49-,50?,51?,52+/m1/s1. The Hall–Kier alpha value is -1.35. The highest BCUT2D eigenvalue weighted by Gasteiger charge is 2.46. The first-order chi connectivity index (χ1) is 31.5. The molecule has 1 fully saturated rings. The first-order valence-electron chi connectivity index (χ1n) is 27.1. The number of aliphatic hydroxyl groups excluding tert-OH is 3. The molecule has 0 saturated carbocycles. The molecule has 13 heteroatoms. The van der Waals surface area contributed by atoms with Gasteiger partial charge in [0.25, 0.3) is 10.1 Å². The first-order valence-corrected chi connectivity index (χ1v) is 28.7. The average Bonchev–Trinajstić information content (AvgIpc) is 3.27. The topological polar surface area (TPSA) is 186 Å². The molecule has 0 aliphatic carbocycles. The van der Waals surface area contributed by atoms with E-state index in [1.165, 1.54) is 186 Å². The number of carbonyl (C=O) groups is 2. The van der Waals surface area contributed by atoms with Gasteiger partial charge in [-0.3, -0.25) is 14.1 Å². The predicted octanol–water partition coefficient (Wildman–Crippen LogP) is 12.4. The van der Waals surface area contributed by atoms with Crippen LogP contribution in [0.4, 0.5) is 0 Å². The zero-order chi connectivity index (χ0) is 47.6. The molecule has 0 spiro atoms. The Labute approximate surface area is 397 Å². The third-order valence-electron chi connectivity index (χ3n) is 12.9. The third kappa shape index (κ3) is 37.3. The Morgan fingerprint density at radius 1 is 0.462 bits per heavy atom. The molecule has 1 aliphatic rings. The van der Waals surface area contributed by atoms with Gasteiger partial charge in [0, 0.05) is 12.8 Å². The van der Waals surface area contributed by atoms with Crippen molar-refractivity contribution in [3.63, 3.8) is 0 Å². The SMILES string of the molecule is CCCCCCCCCCCCCCCCCCCCCCCCC(=O)OC[C@H](CO[C@H]1O[C@H](CS(=O)(=O)O)[C@@H](O)C(O)C1O)OC(=O)CCCCCCCCCCCCCCCCC. The fourth-order valence-electron chi connectivity index (χ4n) is 8.74. The van der Waals surface area contributed by atoms with Crippen LogP contribution in [-0.4, -0.2) is 96.0 Å². The summed E-state index contributed by atoms with van der Waals surface area (Å²) in [6.07, 6.45) is 37.2. The number of rotatable bonds is 47. The molecule has 1 saturated heterocycles. The minimum atomic E-state index is -4.60. The minimum Gasteiger partial charge on any atom is -0.462 e. The van der Waals surface area contributed by atoms with E-state index < -0.39 is 71.2 Å². The van der Waals surface area contributed by atoms with Gasteiger partial charge in [-0.25, -0.2) is 0 Å². The van der Waals surface area contributed by atoms with E-state index in [1.807, 2.05) is 0 Å². The molecule has 386 valence electrons. The van der Waals surface area contributed by atoms with E-state index >= 15 is 0 Å². The Morgan fingerprint density at radius 3 is 1.12 bits per heavy atom. The molecule has 6 atom stereocenters. The summed E-state index contributed by atoms with van der Waals surface area (Å²) in [4.78, 5) is 25.5. The van der Waals surface area contributed by atoms with Crippen molar-refractivity contribution in [2.24, 2.45) is 0 Å². The van der Waals surface area contributed by atoms with Crippen LogP contribution < -0.4 is 0 Å². The van der Waals surface area contributed by atoms with Gasteiger partial charge in [0.1, 0.15) is 36.8 Å². The minimum absolute atomic E-state index is 0.173. The Balaban J connectivity index is 2.30. The molecule has 0 aromatic carbocycles. The van der Waals surface area contributed by atoms with Crippen molar-refractivity contribution in [1.29, 1.82) is 0 Å². The van der Waals surface area contributed by atoms with Gasteiger partial charge in [0.2, 0.25) is 0 Å². The van der Waals surface area contributed by atoms with Crippen LogP contribution in [0.1, 0.15) is 264 Å². The maximum atomic E-state index is 12.9. The molecule has 0 radical (unpaired) electrons. The highest BCUT2D eigenvalue weighted by molar-refractivity contribution is 7.85. The lowest BCUT2D eigenvalue weighted by Crippen LogP contribution is -2.60. The second-order valence-electron chi connectivity index (χ2n) is 19.3. The van der Waals surface area contributed by atoms with Crippen molar-refractivity contribution in [3.05, 3.63) is 0 Å². The lowest BCUT2D eigenvalue weighted by atomic mass is 10.00. The number of esters is 2. The van der Waals surface area contributed by atoms with E-state index in [1.54, 1.807) is 0 Å². The van der Waals surface area contributed by atoms with Gasteiger partial charge in [0.15, 0.2) is 12.4 Å². The molecule has 0 bridgehead atoms. The van der Waals surface area contributed by atoms with E-state index in [-0.39, 0.29) is 19.4 Å². The van der Waals surface area contributed by atoms with E-state index in [0.717, 1.165) is 38.5 Å². The van der Waals surface area contributed by atoms with Gasteiger partial charge < -0.3 is 34.3 Å². The lowest BCUT2D eigenvalue weighted by Gasteiger charge is -2.40. The van der Waals surface area contributed by atoms with E-state index in [0.29, 0.717) is 12.8 Å². The van der Waals surface area contributed by atoms with Crippen LogP contribution in [0.25, 0.3) is 0 Å². The third-order valence-corrected chi connectivity index (χ3v) is 13.7. The van der Waals surface area contributed by atoms with E-state index in [4.69, 9.17) is 18.9 Å². The second-order valence-corrected chi connectivity index (χ2v) is 20.8. The molecule has 0 aromatic heterocycles. The average molecular weight is 949 g/mol. The number of hydrogen-bond donors (Lipinski definition) is 4. The second kappa shape index (κ2) is 42.7. The van der Waals surface area contributed by atoms with Crippen LogP contribution in [0.3, 0.4) is 0 Å². The van der Waals surface area contributed by atoms with Crippen LogP contribution in [0.2, 0.25) is 0 Å². The molecule has 12 nitrogen and oxygen atoms in total. The number of carbonyl (C=O) groups excluding carboxylic acids is 2. The summed E-state index contributed by atoms with van der Waals surface area (Å²) in [5.41, 5.74) is 0. The van der Waals surface area contributed by atoms with Crippen LogP contribution >= 0.6 is 0 Å². The molecule has 0 aromatic rings. The molecular formula is C52H100O12S. The molecular weight excluding hydrogens is 849 g/mol. The van der Waals surface area contributed by atoms with Gasteiger partial charge in [0.05, 0.1) is 6.61 Å². The van der Waals surface area contributed by atoms with Crippen molar-refractivity contribution in [2.45, 2.75) is 301 Å². The van der Waals surface area contributed by atoms with Crippen molar-refractivity contribution < 1.29 is 56.8 Å². The summed E-state index contributed by atoms with van der Waals surface area (Å²) < 4.78 is 54.3. The largest absolute Gasteiger partial charge is 0.462 e. The summed E-state index contributed by atoms with van der Waals surface area (Å²) in [7, 11) is -4.60. The molecule has 1 rings (SSSR count). The molecule has 1 aliphatic heterocycles.